The van der Waals surface area contributed by atoms with Crippen LogP contribution in [-0.2, 0) is 0 Å². The largest absolute Gasteiger partial charge is 0.492 e. The van der Waals surface area contributed by atoms with Gasteiger partial charge in [0.25, 0.3) is 0 Å². The van der Waals surface area contributed by atoms with Gasteiger partial charge in [-0.1, -0.05) is 48.5 Å². The summed E-state index contributed by atoms with van der Waals surface area (Å²) in [5, 5.41) is 3.26. The third-order valence-corrected chi connectivity index (χ3v) is 4.55. The van der Waals surface area contributed by atoms with Gasteiger partial charge in [0.2, 0.25) is 0 Å². The molecule has 1 aliphatic rings. The van der Waals surface area contributed by atoms with Crippen molar-refractivity contribution in [3.63, 3.8) is 0 Å². The third-order valence-electron chi connectivity index (χ3n) is 3.59. The molecule has 0 N–H and O–H groups in total. The van der Waals surface area contributed by atoms with Gasteiger partial charge in [-0.15, -0.1) is 11.3 Å². The maximum Gasteiger partial charge on any atom is 0.123 e. The van der Waals surface area contributed by atoms with E-state index in [1.165, 1.54) is 11.1 Å². The molecule has 1 aromatic heterocycles. The van der Waals surface area contributed by atoms with Gasteiger partial charge in [-0.25, -0.2) is 4.98 Å². The Hall–Kier alpha value is -2.13. The predicted molar refractivity (Wildman–Crippen MR) is 81.3 cm³/mol. The summed E-state index contributed by atoms with van der Waals surface area (Å²) >= 11 is 1.71. The van der Waals surface area contributed by atoms with Crippen molar-refractivity contribution in [3.05, 3.63) is 70.5 Å². The van der Waals surface area contributed by atoms with Crippen molar-refractivity contribution in [1.82, 2.24) is 4.98 Å². The molecule has 0 bridgehead atoms. The van der Waals surface area contributed by atoms with Crippen LogP contribution in [-0.4, -0.2) is 11.6 Å². The monoisotopic (exact) mass is 279 g/mol. The maximum atomic E-state index is 5.75. The first-order valence-electron chi connectivity index (χ1n) is 6.64. The highest BCUT2D eigenvalue weighted by molar-refractivity contribution is 7.10. The van der Waals surface area contributed by atoms with Crippen molar-refractivity contribution < 1.29 is 4.74 Å². The molecule has 3 aromatic rings. The maximum absolute atomic E-state index is 5.75. The lowest BCUT2D eigenvalue weighted by molar-refractivity contribution is 0.343. The summed E-state index contributed by atoms with van der Waals surface area (Å²) in [5.41, 5.74) is 3.47. The Morgan fingerprint density at radius 1 is 1.00 bits per heavy atom. The molecule has 20 heavy (non-hydrogen) atoms. The molecule has 3 heteroatoms. The van der Waals surface area contributed by atoms with E-state index in [9.17, 15) is 0 Å². The fourth-order valence-corrected chi connectivity index (χ4v) is 3.49. The van der Waals surface area contributed by atoms with E-state index >= 15 is 0 Å². The second-order valence-electron chi connectivity index (χ2n) is 4.84. The Bertz CT molecular complexity index is 736. The van der Waals surface area contributed by atoms with Gasteiger partial charge in [0.15, 0.2) is 0 Å². The molecule has 98 valence electrons. The molecule has 0 spiro atoms. The van der Waals surface area contributed by atoms with Gasteiger partial charge in [0.05, 0.1) is 11.6 Å². The number of fused-ring (bicyclic) bond motifs is 1. The predicted octanol–water partition coefficient (Wildman–Crippen LogP) is 4.33. The number of aromatic nitrogens is 1. The number of nitrogens with zero attached hydrogens (tertiary/aromatic N) is 1. The lowest BCUT2D eigenvalue weighted by Gasteiger charge is -2.04. The highest BCUT2D eigenvalue weighted by atomic mass is 32.1. The minimum absolute atomic E-state index is 0.272. The molecular weight excluding hydrogens is 266 g/mol. The molecule has 0 amide bonds. The molecule has 0 radical (unpaired) electrons. The fourth-order valence-electron chi connectivity index (χ4n) is 2.56. The van der Waals surface area contributed by atoms with Crippen LogP contribution in [0.1, 0.15) is 16.5 Å². The first-order chi connectivity index (χ1) is 9.92. The van der Waals surface area contributed by atoms with E-state index in [0.717, 1.165) is 16.5 Å². The first kappa shape index (κ1) is 11.7. The van der Waals surface area contributed by atoms with Gasteiger partial charge < -0.3 is 4.74 Å². The molecule has 0 aliphatic carbocycles. The zero-order chi connectivity index (χ0) is 13.4. The summed E-state index contributed by atoms with van der Waals surface area (Å²) in [5.74, 6) is 1.27. The van der Waals surface area contributed by atoms with Gasteiger partial charge in [0.1, 0.15) is 17.4 Å². The summed E-state index contributed by atoms with van der Waals surface area (Å²) in [6.07, 6.45) is 0. The Morgan fingerprint density at radius 2 is 1.80 bits per heavy atom. The van der Waals surface area contributed by atoms with Crippen molar-refractivity contribution in [2.45, 2.75) is 5.92 Å². The molecule has 0 fully saturated rings. The quantitative estimate of drug-likeness (QED) is 0.696. The van der Waals surface area contributed by atoms with Crippen LogP contribution >= 0.6 is 11.3 Å². The van der Waals surface area contributed by atoms with Crippen LogP contribution in [0.2, 0.25) is 0 Å². The summed E-state index contributed by atoms with van der Waals surface area (Å²) in [6.45, 7) is 0.696. The Balaban J connectivity index is 1.70. The second-order valence-corrected chi connectivity index (χ2v) is 5.73. The van der Waals surface area contributed by atoms with Gasteiger partial charge in [0, 0.05) is 16.5 Å². The SMILES string of the molecule is c1ccc(-c2csc(C3COc4ccccc43)n2)cc1. The van der Waals surface area contributed by atoms with Gasteiger partial charge in [-0.2, -0.15) is 0 Å². The number of ether oxygens (including phenoxy) is 1. The van der Waals surface area contributed by atoms with E-state index in [4.69, 9.17) is 9.72 Å². The van der Waals surface area contributed by atoms with Crippen molar-refractivity contribution >= 4 is 11.3 Å². The van der Waals surface area contributed by atoms with E-state index in [-0.39, 0.29) is 5.92 Å². The molecule has 0 saturated carbocycles. The first-order valence-corrected chi connectivity index (χ1v) is 7.52. The van der Waals surface area contributed by atoms with E-state index in [1.54, 1.807) is 11.3 Å². The highest BCUT2D eigenvalue weighted by Gasteiger charge is 2.27. The standard InChI is InChI=1S/C17H13NOS/c1-2-6-12(7-3-1)15-11-20-17(18-15)14-10-19-16-9-5-4-8-13(14)16/h1-9,11,14H,10H2. The minimum Gasteiger partial charge on any atom is -0.492 e. The smallest absolute Gasteiger partial charge is 0.123 e. The lowest BCUT2D eigenvalue weighted by Crippen LogP contribution is -2.01. The molecule has 1 atom stereocenters. The normalized spacial score (nSPS) is 16.7. The Morgan fingerprint density at radius 3 is 2.70 bits per heavy atom. The van der Waals surface area contributed by atoms with Crippen LogP contribution in [0.5, 0.6) is 5.75 Å². The highest BCUT2D eigenvalue weighted by Crippen LogP contribution is 2.39. The van der Waals surface area contributed by atoms with Crippen molar-refractivity contribution in [2.75, 3.05) is 6.61 Å². The summed E-state index contributed by atoms with van der Waals surface area (Å²) in [4.78, 5) is 4.80. The third kappa shape index (κ3) is 1.91. The van der Waals surface area contributed by atoms with Gasteiger partial charge >= 0.3 is 0 Å². The number of thiazole rings is 1. The molecule has 1 aliphatic heterocycles. The molecule has 0 saturated heterocycles. The fraction of sp³-hybridized carbons (Fsp3) is 0.118. The number of para-hydroxylation sites is 1. The molecular formula is C17H13NOS. The van der Waals surface area contributed by atoms with Crippen LogP contribution in [0.4, 0.5) is 0 Å². The zero-order valence-electron chi connectivity index (χ0n) is 10.8. The van der Waals surface area contributed by atoms with E-state index in [1.807, 2.05) is 30.3 Å². The van der Waals surface area contributed by atoms with E-state index < -0.39 is 0 Å². The summed E-state index contributed by atoms with van der Waals surface area (Å²) in [7, 11) is 0. The molecule has 1 unspecified atom stereocenters. The molecule has 2 heterocycles. The molecule has 2 nitrogen and oxygen atoms in total. The second kappa shape index (κ2) is 4.76. The van der Waals surface area contributed by atoms with E-state index in [2.05, 4.69) is 29.6 Å². The topological polar surface area (TPSA) is 22.1 Å². The number of hydrogen-bond acceptors (Lipinski definition) is 3. The number of hydrogen-bond donors (Lipinski definition) is 0. The average molecular weight is 279 g/mol. The van der Waals surface area contributed by atoms with Crippen LogP contribution in [0, 0.1) is 0 Å². The lowest BCUT2D eigenvalue weighted by atomic mass is 10.0. The van der Waals surface area contributed by atoms with Crippen LogP contribution in [0.25, 0.3) is 11.3 Å². The Kier molecular flexibility index (Phi) is 2.78. The number of rotatable bonds is 2. The van der Waals surface area contributed by atoms with Crippen molar-refractivity contribution in [2.24, 2.45) is 0 Å². The van der Waals surface area contributed by atoms with Gasteiger partial charge in [-0.3, -0.25) is 0 Å². The number of benzene rings is 2. The summed E-state index contributed by atoms with van der Waals surface area (Å²) in [6, 6.07) is 18.5. The zero-order valence-corrected chi connectivity index (χ0v) is 11.6. The minimum atomic E-state index is 0.272. The Labute approximate surface area is 121 Å². The van der Waals surface area contributed by atoms with Gasteiger partial charge in [-0.05, 0) is 6.07 Å². The van der Waals surface area contributed by atoms with Crippen LogP contribution in [0.3, 0.4) is 0 Å². The molecule has 4 rings (SSSR count). The van der Waals surface area contributed by atoms with E-state index in [0.29, 0.717) is 6.61 Å². The average Bonchev–Trinajstić information content (AvgIpc) is 3.14. The summed E-state index contributed by atoms with van der Waals surface area (Å²) < 4.78 is 5.75. The van der Waals surface area contributed by atoms with Crippen molar-refractivity contribution in [3.8, 4) is 17.0 Å². The molecule has 2 aromatic carbocycles. The van der Waals surface area contributed by atoms with Crippen LogP contribution < -0.4 is 4.74 Å². The van der Waals surface area contributed by atoms with Crippen molar-refractivity contribution in [1.29, 1.82) is 0 Å². The van der Waals surface area contributed by atoms with Crippen LogP contribution in [0.15, 0.2) is 60.0 Å².